The molecule has 1 aromatic carbocycles. The zero-order chi connectivity index (χ0) is 17.5. The van der Waals surface area contributed by atoms with Crippen molar-refractivity contribution in [3.8, 4) is 5.75 Å². The summed E-state index contributed by atoms with van der Waals surface area (Å²) >= 11 is 0. The third-order valence-corrected chi connectivity index (χ3v) is 5.78. The van der Waals surface area contributed by atoms with Crippen molar-refractivity contribution in [1.29, 1.82) is 0 Å². The van der Waals surface area contributed by atoms with Gasteiger partial charge in [0.2, 0.25) is 0 Å². The van der Waals surface area contributed by atoms with Gasteiger partial charge in [-0.1, -0.05) is 38.3 Å². The second kappa shape index (κ2) is 9.56. The van der Waals surface area contributed by atoms with E-state index in [1.54, 1.807) is 0 Å². The molecule has 4 nitrogen and oxygen atoms in total. The van der Waals surface area contributed by atoms with Gasteiger partial charge in [0.05, 0.1) is 0 Å². The highest BCUT2D eigenvalue weighted by molar-refractivity contribution is 5.29. The van der Waals surface area contributed by atoms with Crippen molar-refractivity contribution in [3.63, 3.8) is 0 Å². The lowest BCUT2D eigenvalue weighted by Gasteiger charge is -2.34. The monoisotopic (exact) mass is 346 g/mol. The van der Waals surface area contributed by atoms with Gasteiger partial charge in [0.25, 0.3) is 0 Å². The Hall–Kier alpha value is -1.10. The molecule has 1 heterocycles. The van der Waals surface area contributed by atoms with Crippen LogP contribution in [0.1, 0.15) is 50.5 Å². The highest BCUT2D eigenvalue weighted by Gasteiger charge is 2.19. The SMILES string of the molecule is CCN1CCN(CC(O)COc2ccc(C3CCCCC3)cc2)CC1. The average Bonchev–Trinajstić information content (AvgIpc) is 2.68. The van der Waals surface area contributed by atoms with Crippen molar-refractivity contribution >= 4 is 0 Å². The minimum atomic E-state index is -0.425. The number of β-amino-alcohol motifs (C(OH)–C–C–N with tert-alkyl or cyclic N) is 1. The summed E-state index contributed by atoms with van der Waals surface area (Å²) in [5.74, 6) is 1.60. The molecule has 0 bridgehead atoms. The van der Waals surface area contributed by atoms with Crippen LogP contribution in [0, 0.1) is 0 Å². The lowest BCUT2D eigenvalue weighted by atomic mass is 9.84. The second-order valence-electron chi connectivity index (χ2n) is 7.60. The van der Waals surface area contributed by atoms with E-state index in [0.29, 0.717) is 13.2 Å². The Kier molecular flexibility index (Phi) is 7.14. The Morgan fingerprint density at radius 1 is 1.00 bits per heavy atom. The summed E-state index contributed by atoms with van der Waals surface area (Å²) in [6.45, 7) is 8.70. The van der Waals surface area contributed by atoms with E-state index in [1.165, 1.54) is 37.7 Å². The quantitative estimate of drug-likeness (QED) is 0.823. The molecule has 1 unspecified atom stereocenters. The number of benzene rings is 1. The molecule has 1 atom stereocenters. The highest BCUT2D eigenvalue weighted by atomic mass is 16.5. The molecule has 0 aromatic heterocycles. The zero-order valence-corrected chi connectivity index (χ0v) is 15.7. The van der Waals surface area contributed by atoms with Crippen LogP contribution < -0.4 is 4.74 Å². The number of nitrogens with zero attached hydrogens (tertiary/aromatic N) is 2. The highest BCUT2D eigenvalue weighted by Crippen LogP contribution is 2.33. The number of aliphatic hydroxyl groups is 1. The van der Waals surface area contributed by atoms with Crippen molar-refractivity contribution in [1.82, 2.24) is 9.80 Å². The molecular formula is C21H34N2O2. The Bertz CT molecular complexity index is 491. The molecule has 0 spiro atoms. The van der Waals surface area contributed by atoms with Gasteiger partial charge in [-0.3, -0.25) is 4.90 Å². The van der Waals surface area contributed by atoms with E-state index in [9.17, 15) is 5.11 Å². The second-order valence-corrected chi connectivity index (χ2v) is 7.60. The number of aliphatic hydroxyl groups excluding tert-OH is 1. The number of piperazine rings is 1. The predicted molar refractivity (Wildman–Crippen MR) is 102 cm³/mol. The summed E-state index contributed by atoms with van der Waals surface area (Å²) in [5.41, 5.74) is 1.45. The van der Waals surface area contributed by atoms with Crippen LogP contribution in [0.5, 0.6) is 5.75 Å². The number of hydrogen-bond donors (Lipinski definition) is 1. The van der Waals surface area contributed by atoms with Crippen LogP contribution in [-0.2, 0) is 0 Å². The fourth-order valence-corrected chi connectivity index (χ4v) is 4.10. The van der Waals surface area contributed by atoms with E-state index in [0.717, 1.165) is 44.4 Å². The fourth-order valence-electron chi connectivity index (χ4n) is 4.10. The topological polar surface area (TPSA) is 35.9 Å². The molecule has 25 heavy (non-hydrogen) atoms. The first-order chi connectivity index (χ1) is 12.2. The predicted octanol–water partition coefficient (Wildman–Crippen LogP) is 3.11. The molecule has 0 radical (unpaired) electrons. The van der Waals surface area contributed by atoms with Crippen molar-refractivity contribution in [2.24, 2.45) is 0 Å². The molecule has 2 aliphatic rings. The summed E-state index contributed by atoms with van der Waals surface area (Å²) in [6, 6.07) is 8.55. The van der Waals surface area contributed by atoms with Crippen LogP contribution in [0.15, 0.2) is 24.3 Å². The van der Waals surface area contributed by atoms with Crippen molar-refractivity contribution in [2.45, 2.75) is 51.0 Å². The summed E-state index contributed by atoms with van der Waals surface area (Å²) < 4.78 is 5.81. The Labute approximate surface area is 152 Å². The van der Waals surface area contributed by atoms with Gasteiger partial charge < -0.3 is 14.7 Å². The first kappa shape index (κ1) is 18.7. The van der Waals surface area contributed by atoms with Crippen LogP contribution in [0.4, 0.5) is 0 Å². The zero-order valence-electron chi connectivity index (χ0n) is 15.7. The van der Waals surface area contributed by atoms with E-state index in [4.69, 9.17) is 4.74 Å². The molecule has 1 N–H and O–H groups in total. The number of likely N-dealkylation sites (N-methyl/N-ethyl adjacent to an activating group) is 1. The maximum atomic E-state index is 10.3. The fraction of sp³-hybridized carbons (Fsp3) is 0.714. The molecule has 1 saturated heterocycles. The van der Waals surface area contributed by atoms with Gasteiger partial charge in [0, 0.05) is 32.7 Å². The van der Waals surface area contributed by atoms with Crippen molar-refractivity contribution < 1.29 is 9.84 Å². The minimum absolute atomic E-state index is 0.372. The van der Waals surface area contributed by atoms with Crippen LogP contribution in [0.25, 0.3) is 0 Å². The third-order valence-electron chi connectivity index (χ3n) is 5.78. The molecule has 1 aliphatic carbocycles. The molecule has 3 rings (SSSR count). The van der Waals surface area contributed by atoms with E-state index in [-0.39, 0.29) is 0 Å². The molecule has 140 valence electrons. The first-order valence-electron chi connectivity index (χ1n) is 10.1. The van der Waals surface area contributed by atoms with Gasteiger partial charge in [-0.25, -0.2) is 0 Å². The molecule has 1 aromatic rings. The standard InChI is InChI=1S/C21H34N2O2/c1-2-22-12-14-23(15-13-22)16-20(24)17-25-21-10-8-19(9-11-21)18-6-4-3-5-7-18/h8-11,18,20,24H,2-7,12-17H2,1H3. The van der Waals surface area contributed by atoms with E-state index in [2.05, 4.69) is 41.0 Å². The molecule has 2 fully saturated rings. The van der Waals surface area contributed by atoms with Crippen LogP contribution in [0.2, 0.25) is 0 Å². The average molecular weight is 347 g/mol. The number of hydrogen-bond acceptors (Lipinski definition) is 4. The third kappa shape index (κ3) is 5.70. The minimum Gasteiger partial charge on any atom is -0.491 e. The van der Waals surface area contributed by atoms with E-state index in [1.807, 2.05) is 0 Å². The van der Waals surface area contributed by atoms with Gasteiger partial charge in [0.1, 0.15) is 18.5 Å². The van der Waals surface area contributed by atoms with Crippen LogP contribution in [-0.4, -0.2) is 66.9 Å². The van der Waals surface area contributed by atoms with Gasteiger partial charge in [-0.2, -0.15) is 0 Å². The maximum absolute atomic E-state index is 10.3. The summed E-state index contributed by atoms with van der Waals surface area (Å²) in [7, 11) is 0. The molecule has 1 aliphatic heterocycles. The summed E-state index contributed by atoms with van der Waals surface area (Å²) in [4.78, 5) is 4.79. The Morgan fingerprint density at radius 2 is 1.64 bits per heavy atom. The van der Waals surface area contributed by atoms with Crippen molar-refractivity contribution in [3.05, 3.63) is 29.8 Å². The van der Waals surface area contributed by atoms with Gasteiger partial charge in [0.15, 0.2) is 0 Å². The number of ether oxygens (including phenoxy) is 1. The summed E-state index contributed by atoms with van der Waals surface area (Å²) in [6.07, 6.45) is 6.34. The molecule has 1 saturated carbocycles. The largest absolute Gasteiger partial charge is 0.491 e. The maximum Gasteiger partial charge on any atom is 0.119 e. The van der Waals surface area contributed by atoms with Crippen LogP contribution in [0.3, 0.4) is 0 Å². The molecule has 4 heteroatoms. The van der Waals surface area contributed by atoms with Gasteiger partial charge in [-0.15, -0.1) is 0 Å². The van der Waals surface area contributed by atoms with Gasteiger partial charge >= 0.3 is 0 Å². The Morgan fingerprint density at radius 3 is 2.28 bits per heavy atom. The van der Waals surface area contributed by atoms with Crippen molar-refractivity contribution in [2.75, 3.05) is 45.9 Å². The first-order valence-corrected chi connectivity index (χ1v) is 10.1. The van der Waals surface area contributed by atoms with Gasteiger partial charge in [-0.05, 0) is 43.0 Å². The summed E-state index contributed by atoms with van der Waals surface area (Å²) in [5, 5.41) is 10.3. The Balaban J connectivity index is 1.39. The van der Waals surface area contributed by atoms with E-state index < -0.39 is 6.10 Å². The number of rotatable bonds is 7. The lowest BCUT2D eigenvalue weighted by molar-refractivity contribution is 0.0471. The van der Waals surface area contributed by atoms with E-state index >= 15 is 0 Å². The smallest absolute Gasteiger partial charge is 0.119 e. The normalized spacial score (nSPS) is 22.0. The molecular weight excluding hydrogens is 312 g/mol. The van der Waals surface area contributed by atoms with Crippen LogP contribution >= 0.6 is 0 Å². The lowest BCUT2D eigenvalue weighted by Crippen LogP contribution is -2.49. The molecule has 0 amide bonds.